The third-order valence-corrected chi connectivity index (χ3v) is 7.57. The Labute approximate surface area is 189 Å². The van der Waals surface area contributed by atoms with Gasteiger partial charge in [0.25, 0.3) is 0 Å². The van der Waals surface area contributed by atoms with Gasteiger partial charge in [0.1, 0.15) is 7.05 Å². The van der Waals surface area contributed by atoms with Crippen molar-refractivity contribution >= 4 is 0 Å². The van der Waals surface area contributed by atoms with Gasteiger partial charge in [-0.1, -0.05) is 80.0 Å². The van der Waals surface area contributed by atoms with Crippen molar-refractivity contribution in [1.82, 2.24) is 0 Å². The molecule has 3 aromatic carbocycles. The highest BCUT2D eigenvalue weighted by Crippen LogP contribution is 2.66. The summed E-state index contributed by atoms with van der Waals surface area (Å²) in [6.07, 6.45) is 2.03. The number of rotatable bonds is 1. The van der Waals surface area contributed by atoms with Crippen LogP contribution in [-0.2, 0) is 17.9 Å². The van der Waals surface area contributed by atoms with Crippen LogP contribution in [0.5, 0.6) is 0 Å². The van der Waals surface area contributed by atoms with E-state index >= 15 is 0 Å². The van der Waals surface area contributed by atoms with Gasteiger partial charge in [0.05, 0.1) is 11.0 Å². The van der Waals surface area contributed by atoms with Crippen LogP contribution in [0.25, 0.3) is 22.4 Å². The first-order chi connectivity index (χ1) is 16.1. The van der Waals surface area contributed by atoms with E-state index in [1.807, 2.05) is 50.5 Å². The van der Waals surface area contributed by atoms with Crippen LogP contribution in [0.4, 0.5) is 0 Å². The smallest absolute Gasteiger partial charge is 0.201 e. The van der Waals surface area contributed by atoms with Crippen LogP contribution in [0.15, 0.2) is 79.0 Å². The second-order valence-electron chi connectivity index (χ2n) is 9.35. The Balaban J connectivity index is 1.97. The highest BCUT2D eigenvalue weighted by molar-refractivity contribution is 5.94. The normalized spacial score (nSPS) is 24.5. The molecule has 0 N–H and O–H groups in total. The number of nitrogens with zero attached hydrogens (tertiary/aromatic N) is 1. The average Bonchev–Trinajstić information content (AvgIpc) is 3.09. The Hall–Kier alpha value is -3.19. The zero-order valence-electron chi connectivity index (χ0n) is 21.5. The Bertz CT molecular complexity index is 1490. The highest BCUT2D eigenvalue weighted by atomic mass is 14.9. The molecule has 2 aliphatic carbocycles. The van der Waals surface area contributed by atoms with Gasteiger partial charge in [-0.15, -0.1) is 0 Å². The molecule has 0 spiro atoms. The maximum Gasteiger partial charge on any atom is 0.216 e. The summed E-state index contributed by atoms with van der Waals surface area (Å²) in [4.78, 5) is 0. The van der Waals surface area contributed by atoms with Crippen LogP contribution < -0.4 is 4.57 Å². The maximum absolute atomic E-state index is 9.07. The first-order valence-electron chi connectivity index (χ1n) is 12.4. The minimum atomic E-state index is -2.27. The van der Waals surface area contributed by atoms with Gasteiger partial charge < -0.3 is 0 Å². The molecule has 1 aromatic heterocycles. The third-order valence-electron chi connectivity index (χ3n) is 7.57. The van der Waals surface area contributed by atoms with Crippen LogP contribution >= 0.6 is 0 Å². The molecule has 1 heteroatoms. The monoisotopic (exact) mass is 405 g/mol. The number of aromatic nitrogens is 1. The Morgan fingerprint density at radius 3 is 2.39 bits per heavy atom. The van der Waals surface area contributed by atoms with E-state index in [0.717, 1.165) is 50.2 Å². The van der Waals surface area contributed by atoms with Crippen molar-refractivity contribution in [2.75, 3.05) is 0 Å². The molecule has 1 heterocycles. The zero-order chi connectivity index (χ0) is 24.0. The van der Waals surface area contributed by atoms with Crippen LogP contribution in [0.2, 0.25) is 0 Å². The molecular formula is C30H28N+. The minimum absolute atomic E-state index is 0.848. The Morgan fingerprint density at radius 2 is 1.61 bits per heavy atom. The minimum Gasteiger partial charge on any atom is -0.201 e. The summed E-state index contributed by atoms with van der Waals surface area (Å²) in [6, 6.07) is 25.3. The molecule has 2 unspecified atom stereocenters. The zero-order valence-corrected chi connectivity index (χ0v) is 18.5. The molecule has 31 heavy (non-hydrogen) atoms. The van der Waals surface area contributed by atoms with Gasteiger partial charge in [-0.25, -0.2) is 4.57 Å². The maximum atomic E-state index is 9.07. The molecule has 152 valence electrons. The number of aryl methyl sites for hydroxylation is 3. The summed E-state index contributed by atoms with van der Waals surface area (Å²) in [6.45, 7) is 3.94. The summed E-state index contributed by atoms with van der Waals surface area (Å²) in [5.74, 6) is 0. The van der Waals surface area contributed by atoms with Gasteiger partial charge in [0, 0.05) is 21.2 Å². The first kappa shape index (κ1) is 15.6. The van der Waals surface area contributed by atoms with Gasteiger partial charge in [0.2, 0.25) is 5.69 Å². The van der Waals surface area contributed by atoms with Crippen molar-refractivity contribution in [1.29, 1.82) is 0 Å². The van der Waals surface area contributed by atoms with Crippen molar-refractivity contribution in [3.05, 3.63) is 112 Å². The first-order valence-corrected chi connectivity index (χ1v) is 10.9. The number of benzene rings is 3. The summed E-state index contributed by atoms with van der Waals surface area (Å²) in [5.41, 5.74) is 8.85. The fourth-order valence-corrected chi connectivity index (χ4v) is 6.29. The predicted octanol–water partition coefficient (Wildman–Crippen LogP) is 6.40. The second kappa shape index (κ2) is 5.95. The molecule has 2 aliphatic rings. The van der Waals surface area contributed by atoms with Gasteiger partial charge >= 0.3 is 0 Å². The fraction of sp³-hybridized carbons (Fsp3) is 0.233. The van der Waals surface area contributed by atoms with E-state index in [1.165, 1.54) is 5.56 Å². The summed E-state index contributed by atoms with van der Waals surface area (Å²) < 4.78 is 29.3. The number of fused-ring (bicyclic) bond motifs is 5. The van der Waals surface area contributed by atoms with E-state index in [-0.39, 0.29) is 0 Å². The fourth-order valence-electron chi connectivity index (χ4n) is 6.29. The van der Waals surface area contributed by atoms with Crippen molar-refractivity contribution in [3.63, 3.8) is 0 Å². The number of hydrogen-bond acceptors (Lipinski definition) is 0. The van der Waals surface area contributed by atoms with Crippen molar-refractivity contribution in [3.8, 4) is 22.4 Å². The Morgan fingerprint density at radius 1 is 0.839 bits per heavy atom. The SMILES string of the molecule is [2H]C([2H])([2H])C1(C)c2ccc[n+](C)c2-c2c(C)ccc3c2C1(c1ccccc1)c1cc(C)ccc1-3. The molecule has 0 fully saturated rings. The molecule has 0 radical (unpaired) electrons. The van der Waals surface area contributed by atoms with Gasteiger partial charge in [-0.2, -0.15) is 0 Å². The number of pyridine rings is 1. The molecule has 0 saturated carbocycles. The number of hydrogen-bond donors (Lipinski definition) is 0. The lowest BCUT2D eigenvalue weighted by molar-refractivity contribution is -0.661. The van der Waals surface area contributed by atoms with E-state index in [4.69, 9.17) is 4.11 Å². The predicted molar refractivity (Wildman–Crippen MR) is 127 cm³/mol. The molecular weight excluding hydrogens is 374 g/mol. The summed E-state index contributed by atoms with van der Waals surface area (Å²) in [7, 11) is 2.03. The molecule has 2 atom stereocenters. The highest BCUT2D eigenvalue weighted by Gasteiger charge is 2.60. The van der Waals surface area contributed by atoms with Crippen LogP contribution in [0, 0.1) is 13.8 Å². The third kappa shape index (κ3) is 2.05. The van der Waals surface area contributed by atoms with E-state index < -0.39 is 17.7 Å². The molecule has 4 aromatic rings. The standard InChI is InChI=1S/C30H28N/c1-19-13-15-22-23-16-14-20(2)26-27(23)30(25(22)18-19,21-10-7-6-8-11-21)29(3,4)24-12-9-17-31(5)28(24)26/h6-18H,1-5H3/q+1/i3D3. The Kier molecular flexibility index (Phi) is 2.99. The lowest BCUT2D eigenvalue weighted by Crippen LogP contribution is -2.51. The van der Waals surface area contributed by atoms with Crippen LogP contribution in [0.3, 0.4) is 0 Å². The summed E-state index contributed by atoms with van der Waals surface area (Å²) >= 11 is 0. The van der Waals surface area contributed by atoms with E-state index in [0.29, 0.717) is 0 Å². The summed E-state index contributed by atoms with van der Waals surface area (Å²) in [5, 5.41) is 0. The molecule has 0 saturated heterocycles. The van der Waals surface area contributed by atoms with E-state index in [1.54, 1.807) is 0 Å². The van der Waals surface area contributed by atoms with Crippen molar-refractivity contribution < 1.29 is 8.68 Å². The van der Waals surface area contributed by atoms with Gasteiger partial charge in [-0.3, -0.25) is 0 Å². The molecule has 0 aliphatic heterocycles. The van der Waals surface area contributed by atoms with Gasteiger partial charge in [-0.05, 0) is 53.3 Å². The van der Waals surface area contributed by atoms with Crippen LogP contribution in [0.1, 0.15) is 51.3 Å². The molecule has 1 nitrogen and oxygen atoms in total. The van der Waals surface area contributed by atoms with E-state index in [2.05, 4.69) is 60.9 Å². The molecule has 6 rings (SSSR count). The topological polar surface area (TPSA) is 3.88 Å². The second-order valence-corrected chi connectivity index (χ2v) is 9.35. The van der Waals surface area contributed by atoms with Crippen molar-refractivity contribution in [2.24, 2.45) is 7.05 Å². The van der Waals surface area contributed by atoms with Gasteiger partial charge in [0.15, 0.2) is 6.20 Å². The van der Waals surface area contributed by atoms with E-state index in [9.17, 15) is 0 Å². The molecule has 0 bridgehead atoms. The average molecular weight is 406 g/mol. The quantitative estimate of drug-likeness (QED) is 0.323. The lowest BCUT2D eigenvalue weighted by atomic mass is 9.50. The molecule has 0 amide bonds. The van der Waals surface area contributed by atoms with Crippen molar-refractivity contribution in [2.45, 2.75) is 38.5 Å². The largest absolute Gasteiger partial charge is 0.216 e. The van der Waals surface area contributed by atoms with Crippen LogP contribution in [-0.4, -0.2) is 0 Å². The lowest BCUT2D eigenvalue weighted by Gasteiger charge is -2.50.